The Morgan fingerprint density at radius 2 is 1.90 bits per heavy atom. The van der Waals surface area contributed by atoms with Crippen molar-refractivity contribution in [2.75, 3.05) is 7.11 Å². The van der Waals surface area contributed by atoms with Crippen molar-refractivity contribution < 1.29 is 13.5 Å². The number of aromatic nitrogens is 2. The van der Waals surface area contributed by atoms with Crippen LogP contribution in [0.3, 0.4) is 0 Å². The molecule has 20 heavy (non-hydrogen) atoms. The molecule has 0 radical (unpaired) electrons. The Kier molecular flexibility index (Phi) is 6.41. The van der Waals surface area contributed by atoms with Crippen LogP contribution < -0.4 is 10.1 Å². The van der Waals surface area contributed by atoms with Gasteiger partial charge in [0.25, 0.3) is 0 Å². The summed E-state index contributed by atoms with van der Waals surface area (Å²) < 4.78 is 30.9. The van der Waals surface area contributed by atoms with E-state index in [-0.39, 0.29) is 12.4 Å². The Labute approximate surface area is 122 Å². The van der Waals surface area contributed by atoms with Crippen LogP contribution in [0, 0.1) is 0 Å². The number of methoxy groups -OCH3 is 1. The first-order chi connectivity index (χ1) is 9.20. The zero-order chi connectivity index (χ0) is 13.7. The van der Waals surface area contributed by atoms with Gasteiger partial charge in [0, 0.05) is 19.3 Å². The summed E-state index contributed by atoms with van der Waals surface area (Å²) in [4.78, 5) is 0. The van der Waals surface area contributed by atoms with E-state index < -0.39 is 6.55 Å². The predicted molar refractivity (Wildman–Crippen MR) is 74.3 cm³/mol. The summed E-state index contributed by atoms with van der Waals surface area (Å²) in [6.45, 7) is -1.66. The van der Waals surface area contributed by atoms with Gasteiger partial charge >= 0.3 is 6.55 Å². The number of nitrogens with zero attached hydrogens (tertiary/aromatic N) is 2. The summed E-state index contributed by atoms with van der Waals surface area (Å²) in [6, 6.07) is 9.15. The standard InChI is InChI=1S/C13H15F2N3O.ClH/c1-19-12-4-2-10(3-5-12)8-16-9-11-6-7-17-18(11)13(14)15;/h2-7,13,16H,8-9H2,1H3;1H. The maximum Gasteiger partial charge on any atom is 0.333 e. The van der Waals surface area contributed by atoms with Crippen molar-refractivity contribution in [2.24, 2.45) is 0 Å². The van der Waals surface area contributed by atoms with E-state index >= 15 is 0 Å². The zero-order valence-corrected chi connectivity index (χ0v) is 11.7. The van der Waals surface area contributed by atoms with Crippen LogP contribution >= 0.6 is 12.4 Å². The van der Waals surface area contributed by atoms with E-state index in [0.29, 0.717) is 23.5 Å². The molecule has 0 amide bonds. The zero-order valence-electron chi connectivity index (χ0n) is 10.9. The van der Waals surface area contributed by atoms with Crippen LogP contribution in [0.5, 0.6) is 5.75 Å². The monoisotopic (exact) mass is 303 g/mol. The highest BCUT2D eigenvalue weighted by Crippen LogP contribution is 2.13. The van der Waals surface area contributed by atoms with E-state index in [4.69, 9.17) is 4.74 Å². The first-order valence-corrected chi connectivity index (χ1v) is 5.85. The molecule has 0 saturated heterocycles. The Bertz CT molecular complexity index is 517. The van der Waals surface area contributed by atoms with Gasteiger partial charge in [0.15, 0.2) is 0 Å². The van der Waals surface area contributed by atoms with Gasteiger partial charge in [0.2, 0.25) is 0 Å². The van der Waals surface area contributed by atoms with Gasteiger partial charge in [-0.25, -0.2) is 4.68 Å². The van der Waals surface area contributed by atoms with Crippen molar-refractivity contribution in [2.45, 2.75) is 19.6 Å². The van der Waals surface area contributed by atoms with Crippen molar-refractivity contribution in [3.05, 3.63) is 47.8 Å². The highest BCUT2D eigenvalue weighted by molar-refractivity contribution is 5.85. The predicted octanol–water partition coefficient (Wildman–Crippen LogP) is 3.00. The number of rotatable bonds is 6. The van der Waals surface area contributed by atoms with Gasteiger partial charge in [-0.2, -0.15) is 13.9 Å². The van der Waals surface area contributed by atoms with Crippen molar-refractivity contribution in [3.8, 4) is 5.75 Å². The molecule has 0 aliphatic rings. The fourth-order valence-electron chi connectivity index (χ4n) is 1.74. The quantitative estimate of drug-likeness (QED) is 0.891. The van der Waals surface area contributed by atoms with Gasteiger partial charge in [-0.05, 0) is 23.8 Å². The molecule has 0 unspecified atom stereocenters. The minimum absolute atomic E-state index is 0. The van der Waals surface area contributed by atoms with Gasteiger partial charge in [0.05, 0.1) is 12.8 Å². The average molecular weight is 304 g/mol. The molecule has 110 valence electrons. The highest BCUT2D eigenvalue weighted by Gasteiger charge is 2.10. The molecule has 0 aliphatic heterocycles. The molecule has 0 atom stereocenters. The topological polar surface area (TPSA) is 39.1 Å². The third kappa shape index (κ3) is 4.18. The molecule has 2 rings (SSSR count). The van der Waals surface area contributed by atoms with Gasteiger partial charge in [-0.15, -0.1) is 12.4 Å². The van der Waals surface area contributed by atoms with E-state index in [2.05, 4.69) is 10.4 Å². The highest BCUT2D eigenvalue weighted by atomic mass is 35.5. The molecular formula is C13H16ClF2N3O. The average Bonchev–Trinajstić information content (AvgIpc) is 2.88. The maximum absolute atomic E-state index is 12.6. The van der Waals surface area contributed by atoms with Crippen LogP contribution in [0.1, 0.15) is 17.8 Å². The molecule has 7 heteroatoms. The Hall–Kier alpha value is -1.66. The van der Waals surface area contributed by atoms with Gasteiger partial charge in [-0.3, -0.25) is 0 Å². The lowest BCUT2D eigenvalue weighted by molar-refractivity contribution is 0.0531. The summed E-state index contributed by atoms with van der Waals surface area (Å²) in [5, 5.41) is 6.68. The fourth-order valence-corrected chi connectivity index (χ4v) is 1.74. The summed E-state index contributed by atoms with van der Waals surface area (Å²) in [5.74, 6) is 0.791. The molecule has 0 spiro atoms. The third-order valence-corrected chi connectivity index (χ3v) is 2.73. The fraction of sp³-hybridized carbons (Fsp3) is 0.308. The first kappa shape index (κ1) is 16.4. The van der Waals surface area contributed by atoms with Gasteiger partial charge in [0.1, 0.15) is 5.75 Å². The molecule has 1 aromatic heterocycles. The lowest BCUT2D eigenvalue weighted by atomic mass is 10.2. The van der Waals surface area contributed by atoms with Crippen molar-refractivity contribution in [3.63, 3.8) is 0 Å². The summed E-state index contributed by atoms with van der Waals surface area (Å²) >= 11 is 0. The Balaban J connectivity index is 0.00000200. The molecule has 4 nitrogen and oxygen atoms in total. The molecule has 1 N–H and O–H groups in total. The van der Waals surface area contributed by atoms with Crippen LogP contribution in [-0.2, 0) is 13.1 Å². The van der Waals surface area contributed by atoms with Gasteiger partial charge in [-0.1, -0.05) is 12.1 Å². The second-order valence-electron chi connectivity index (χ2n) is 4.00. The normalized spacial score (nSPS) is 10.4. The number of hydrogen-bond acceptors (Lipinski definition) is 3. The van der Waals surface area contributed by atoms with Crippen LogP contribution in [0.25, 0.3) is 0 Å². The number of alkyl halides is 2. The SMILES string of the molecule is COc1ccc(CNCc2ccnn2C(F)F)cc1.Cl. The van der Waals surface area contributed by atoms with E-state index in [9.17, 15) is 8.78 Å². The summed E-state index contributed by atoms with van der Waals surface area (Å²) in [5.41, 5.74) is 1.52. The van der Waals surface area contributed by atoms with Crippen molar-refractivity contribution in [1.82, 2.24) is 15.1 Å². The van der Waals surface area contributed by atoms with Crippen molar-refractivity contribution in [1.29, 1.82) is 0 Å². The van der Waals surface area contributed by atoms with Crippen LogP contribution in [0.15, 0.2) is 36.5 Å². The maximum atomic E-state index is 12.6. The van der Waals surface area contributed by atoms with Crippen LogP contribution in [0.2, 0.25) is 0 Å². The smallest absolute Gasteiger partial charge is 0.333 e. The molecule has 1 aromatic carbocycles. The molecule has 0 bridgehead atoms. The molecule has 0 fully saturated rings. The van der Waals surface area contributed by atoms with Gasteiger partial charge < -0.3 is 10.1 Å². The minimum Gasteiger partial charge on any atom is -0.497 e. The first-order valence-electron chi connectivity index (χ1n) is 5.85. The number of hydrogen-bond donors (Lipinski definition) is 1. The third-order valence-electron chi connectivity index (χ3n) is 2.73. The molecule has 1 heterocycles. The molecular weight excluding hydrogens is 288 g/mol. The Morgan fingerprint density at radius 3 is 2.50 bits per heavy atom. The second-order valence-corrected chi connectivity index (χ2v) is 4.00. The minimum atomic E-state index is -2.60. The summed E-state index contributed by atoms with van der Waals surface area (Å²) in [7, 11) is 1.61. The summed E-state index contributed by atoms with van der Waals surface area (Å²) in [6.07, 6.45) is 1.37. The number of halogens is 3. The van der Waals surface area contributed by atoms with Crippen LogP contribution in [-0.4, -0.2) is 16.9 Å². The van der Waals surface area contributed by atoms with E-state index in [1.54, 1.807) is 13.2 Å². The lowest BCUT2D eigenvalue weighted by Crippen LogP contribution is -2.16. The molecule has 0 aliphatic carbocycles. The Morgan fingerprint density at radius 1 is 1.20 bits per heavy atom. The largest absolute Gasteiger partial charge is 0.497 e. The van der Waals surface area contributed by atoms with Crippen molar-refractivity contribution >= 4 is 12.4 Å². The lowest BCUT2D eigenvalue weighted by Gasteiger charge is -2.08. The number of nitrogens with one attached hydrogen (secondary N) is 1. The van der Waals surface area contributed by atoms with E-state index in [1.165, 1.54) is 6.20 Å². The number of benzene rings is 1. The molecule has 0 saturated carbocycles. The second kappa shape index (κ2) is 7.81. The van der Waals surface area contributed by atoms with Crippen LogP contribution in [0.4, 0.5) is 8.78 Å². The van der Waals surface area contributed by atoms with E-state index in [1.807, 2.05) is 24.3 Å². The molecule has 2 aromatic rings. The van der Waals surface area contributed by atoms with E-state index in [0.717, 1.165) is 11.3 Å². The number of ether oxygens (including phenoxy) is 1.